The Labute approximate surface area is 116 Å². The Balaban J connectivity index is 3.06. The van der Waals surface area contributed by atoms with Gasteiger partial charge in [-0.3, -0.25) is 0 Å². The lowest BCUT2D eigenvalue weighted by Crippen LogP contribution is -2.20. The molecule has 1 aromatic carbocycles. The molecule has 1 aromatic rings. The van der Waals surface area contributed by atoms with Crippen LogP contribution in [0.3, 0.4) is 0 Å². The smallest absolute Gasteiger partial charge is 0.234 e. The van der Waals surface area contributed by atoms with Crippen molar-refractivity contribution >= 4 is 26.7 Å². The first-order chi connectivity index (χ1) is 8.51. The van der Waals surface area contributed by atoms with Crippen LogP contribution in [-0.2, 0) is 21.0 Å². The number of nitrogens with zero attached hydrogens (tertiary/aromatic N) is 1. The summed E-state index contributed by atoms with van der Waals surface area (Å²) >= 11 is 0. The van der Waals surface area contributed by atoms with Gasteiger partial charge in [-0.15, -0.1) is 0 Å². The largest absolute Gasteiger partial charge is 0.238 e. The van der Waals surface area contributed by atoms with E-state index in [1.807, 2.05) is 20.8 Å². The van der Waals surface area contributed by atoms with Crippen molar-refractivity contribution in [2.45, 2.75) is 37.3 Å². The summed E-state index contributed by atoms with van der Waals surface area (Å²) in [6.07, 6.45) is 0. The molecule has 0 heterocycles. The summed E-state index contributed by atoms with van der Waals surface area (Å²) in [4.78, 5) is 0.0426. The van der Waals surface area contributed by atoms with Crippen molar-refractivity contribution in [2.24, 2.45) is 9.54 Å². The Morgan fingerprint density at radius 3 is 2.05 bits per heavy atom. The first kappa shape index (κ1) is 16.0. The molecule has 0 saturated carbocycles. The molecule has 106 valence electrons. The molecule has 0 aromatic heterocycles. The van der Waals surface area contributed by atoms with Crippen LogP contribution >= 0.6 is 0 Å². The Morgan fingerprint density at radius 1 is 1.21 bits per heavy atom. The lowest BCUT2D eigenvalue weighted by Gasteiger charge is -2.14. The van der Waals surface area contributed by atoms with E-state index >= 15 is 0 Å². The summed E-state index contributed by atoms with van der Waals surface area (Å²) < 4.78 is 37.8. The van der Waals surface area contributed by atoms with Crippen LogP contribution in [0.25, 0.3) is 0 Å². The maximum atomic E-state index is 11.9. The Hall–Kier alpha value is -1.05. The zero-order valence-corrected chi connectivity index (χ0v) is 13.0. The molecule has 0 aliphatic carbocycles. The standard InChI is InChI=1S/C12H18N2O3S2/c1-9(14-18(15)12(2,3)4)10-5-7-11(8-6-10)19(13,16)17/h5-8H,1-4H3,(H2,13,16,17). The van der Waals surface area contributed by atoms with Crippen LogP contribution in [0.15, 0.2) is 33.6 Å². The number of rotatable bonds is 3. The lowest BCUT2D eigenvalue weighted by molar-refractivity contribution is 0.598. The summed E-state index contributed by atoms with van der Waals surface area (Å²) in [5.74, 6) is 0. The number of sulfonamides is 1. The highest BCUT2D eigenvalue weighted by atomic mass is 32.2. The predicted octanol–water partition coefficient (Wildman–Crippen LogP) is 1.61. The fraction of sp³-hybridized carbons (Fsp3) is 0.417. The molecule has 1 unspecified atom stereocenters. The van der Waals surface area contributed by atoms with Crippen molar-refractivity contribution in [3.8, 4) is 0 Å². The Morgan fingerprint density at radius 2 is 1.68 bits per heavy atom. The minimum atomic E-state index is -3.69. The van der Waals surface area contributed by atoms with Gasteiger partial charge in [0.15, 0.2) is 0 Å². The summed E-state index contributed by atoms with van der Waals surface area (Å²) in [5, 5.41) is 5.01. The van der Waals surface area contributed by atoms with Crippen LogP contribution < -0.4 is 5.14 Å². The van der Waals surface area contributed by atoms with E-state index in [1.54, 1.807) is 19.1 Å². The maximum absolute atomic E-state index is 11.9. The van der Waals surface area contributed by atoms with Crippen LogP contribution in [0.5, 0.6) is 0 Å². The molecule has 5 nitrogen and oxygen atoms in total. The third-order valence-electron chi connectivity index (χ3n) is 2.34. The van der Waals surface area contributed by atoms with Gasteiger partial charge in [0.05, 0.1) is 15.4 Å². The van der Waals surface area contributed by atoms with Crippen molar-refractivity contribution in [1.29, 1.82) is 0 Å². The van der Waals surface area contributed by atoms with Gasteiger partial charge in [0.25, 0.3) is 0 Å². The second-order valence-electron chi connectivity index (χ2n) is 5.11. The minimum absolute atomic E-state index is 0.0426. The van der Waals surface area contributed by atoms with Crippen molar-refractivity contribution in [3.05, 3.63) is 29.8 Å². The van der Waals surface area contributed by atoms with Crippen molar-refractivity contribution in [3.63, 3.8) is 0 Å². The SMILES string of the molecule is CC(=NS(=O)C(C)(C)C)c1ccc(S(N)(=O)=O)cc1. The van der Waals surface area contributed by atoms with Gasteiger partial charge in [-0.1, -0.05) is 12.1 Å². The van der Waals surface area contributed by atoms with Gasteiger partial charge >= 0.3 is 0 Å². The molecular formula is C12H18N2O3S2. The van der Waals surface area contributed by atoms with Gasteiger partial charge in [-0.05, 0) is 45.4 Å². The van der Waals surface area contributed by atoms with Gasteiger partial charge in [-0.2, -0.15) is 4.40 Å². The van der Waals surface area contributed by atoms with E-state index in [2.05, 4.69) is 4.40 Å². The van der Waals surface area contributed by atoms with E-state index in [0.717, 1.165) is 0 Å². The van der Waals surface area contributed by atoms with Gasteiger partial charge in [0, 0.05) is 0 Å². The van der Waals surface area contributed by atoms with Gasteiger partial charge in [0.1, 0.15) is 11.0 Å². The zero-order chi connectivity index (χ0) is 14.8. The van der Waals surface area contributed by atoms with Crippen molar-refractivity contribution in [2.75, 3.05) is 0 Å². The van der Waals surface area contributed by atoms with Crippen LogP contribution in [0.4, 0.5) is 0 Å². The highest BCUT2D eigenvalue weighted by Gasteiger charge is 2.19. The number of benzene rings is 1. The fourth-order valence-corrected chi connectivity index (χ4v) is 2.34. The first-order valence-corrected chi connectivity index (χ1v) is 8.27. The summed E-state index contributed by atoms with van der Waals surface area (Å²) in [7, 11) is -5.04. The summed E-state index contributed by atoms with van der Waals surface area (Å²) in [6.45, 7) is 7.24. The Kier molecular flexibility index (Phi) is 4.65. The van der Waals surface area contributed by atoms with E-state index in [4.69, 9.17) is 5.14 Å². The molecule has 0 spiro atoms. The van der Waals surface area contributed by atoms with Crippen molar-refractivity contribution < 1.29 is 12.6 Å². The van der Waals surface area contributed by atoms with E-state index < -0.39 is 25.8 Å². The predicted molar refractivity (Wildman–Crippen MR) is 77.9 cm³/mol. The monoisotopic (exact) mass is 302 g/mol. The summed E-state index contributed by atoms with van der Waals surface area (Å²) in [5.41, 5.74) is 1.30. The van der Waals surface area contributed by atoms with Gasteiger partial charge in [0.2, 0.25) is 10.0 Å². The van der Waals surface area contributed by atoms with E-state index in [-0.39, 0.29) is 4.90 Å². The van der Waals surface area contributed by atoms with Gasteiger partial charge < -0.3 is 0 Å². The average Bonchev–Trinajstić information content (AvgIpc) is 2.26. The third kappa shape index (κ3) is 4.52. The van der Waals surface area contributed by atoms with E-state index in [1.165, 1.54) is 12.1 Å². The molecule has 19 heavy (non-hydrogen) atoms. The van der Waals surface area contributed by atoms with E-state index in [0.29, 0.717) is 11.3 Å². The fourth-order valence-electron chi connectivity index (χ4n) is 1.20. The second-order valence-corrected chi connectivity index (χ2v) is 8.57. The minimum Gasteiger partial charge on any atom is -0.234 e. The first-order valence-electron chi connectivity index (χ1n) is 5.62. The number of hydrogen-bond donors (Lipinski definition) is 1. The lowest BCUT2D eigenvalue weighted by atomic mass is 10.1. The van der Waals surface area contributed by atoms with Crippen LogP contribution in [0, 0.1) is 0 Å². The molecule has 1 rings (SSSR count). The summed E-state index contributed by atoms with van der Waals surface area (Å²) in [6, 6.07) is 6.00. The number of hydrogen-bond acceptors (Lipinski definition) is 3. The maximum Gasteiger partial charge on any atom is 0.238 e. The highest BCUT2D eigenvalue weighted by Crippen LogP contribution is 2.15. The molecule has 1 atom stereocenters. The number of nitrogens with two attached hydrogens (primary N) is 1. The quantitative estimate of drug-likeness (QED) is 0.860. The average molecular weight is 302 g/mol. The topological polar surface area (TPSA) is 89.6 Å². The molecule has 0 aliphatic heterocycles. The highest BCUT2D eigenvalue weighted by molar-refractivity contribution is 7.89. The van der Waals surface area contributed by atoms with Crippen molar-refractivity contribution in [1.82, 2.24) is 0 Å². The third-order valence-corrected chi connectivity index (χ3v) is 4.76. The zero-order valence-electron chi connectivity index (χ0n) is 11.4. The number of primary sulfonamides is 1. The molecule has 0 radical (unpaired) electrons. The molecule has 0 bridgehead atoms. The van der Waals surface area contributed by atoms with Crippen LogP contribution in [0.1, 0.15) is 33.3 Å². The van der Waals surface area contributed by atoms with Gasteiger partial charge in [-0.25, -0.2) is 17.8 Å². The van der Waals surface area contributed by atoms with Crippen LogP contribution in [-0.4, -0.2) is 23.1 Å². The molecule has 0 saturated heterocycles. The normalized spacial score (nSPS) is 15.3. The second kappa shape index (κ2) is 5.52. The molecule has 2 N–H and O–H groups in total. The molecule has 0 fully saturated rings. The molecule has 7 heteroatoms. The molecule has 0 amide bonds. The van der Waals surface area contributed by atoms with E-state index in [9.17, 15) is 12.6 Å². The Bertz CT molecular complexity index is 611. The molecular weight excluding hydrogens is 284 g/mol. The molecule has 0 aliphatic rings. The van der Waals surface area contributed by atoms with Crippen LogP contribution in [0.2, 0.25) is 0 Å².